The van der Waals surface area contributed by atoms with Gasteiger partial charge in [0, 0.05) is 7.11 Å². The van der Waals surface area contributed by atoms with Crippen molar-refractivity contribution < 1.29 is 9.53 Å². The zero-order valence-corrected chi connectivity index (χ0v) is 11.0. The minimum absolute atomic E-state index is 0.0377. The highest BCUT2D eigenvalue weighted by Crippen LogP contribution is 2.21. The monoisotopic (exact) mass is 228 g/mol. The summed E-state index contributed by atoms with van der Waals surface area (Å²) in [5.74, 6) is 0.549. The van der Waals surface area contributed by atoms with Gasteiger partial charge in [0.15, 0.2) is 0 Å². The summed E-state index contributed by atoms with van der Waals surface area (Å²) >= 11 is 0. The molecule has 1 N–H and O–H groups in total. The average Bonchev–Trinajstić information content (AvgIpc) is 2.55. The van der Waals surface area contributed by atoms with Crippen LogP contribution in [-0.4, -0.2) is 42.8 Å². The van der Waals surface area contributed by atoms with Crippen molar-refractivity contribution in [1.29, 1.82) is 0 Å². The van der Waals surface area contributed by atoms with Crippen LogP contribution in [0.15, 0.2) is 0 Å². The standard InChI is InChI=1S/C12H24N2O2/c1-6-10-13-11(8(2)3)12(15)14(10)9(4)7-16-5/h8-11,13H,6-7H2,1-5H3. The molecule has 0 aromatic carbocycles. The number of hydrogen-bond donors (Lipinski definition) is 1. The topological polar surface area (TPSA) is 41.6 Å². The summed E-state index contributed by atoms with van der Waals surface area (Å²) in [7, 11) is 1.67. The van der Waals surface area contributed by atoms with Crippen LogP contribution in [0.2, 0.25) is 0 Å². The molecule has 94 valence electrons. The van der Waals surface area contributed by atoms with Gasteiger partial charge in [-0.1, -0.05) is 20.8 Å². The predicted octanol–water partition coefficient (Wildman–Crippen LogP) is 1.21. The first kappa shape index (κ1) is 13.5. The van der Waals surface area contributed by atoms with Crippen LogP contribution in [0.25, 0.3) is 0 Å². The largest absolute Gasteiger partial charge is 0.383 e. The third-order valence-corrected chi connectivity index (χ3v) is 3.16. The molecular weight excluding hydrogens is 204 g/mol. The van der Waals surface area contributed by atoms with E-state index in [4.69, 9.17) is 4.74 Å². The van der Waals surface area contributed by atoms with Crippen molar-refractivity contribution in [2.24, 2.45) is 5.92 Å². The molecule has 1 rings (SSSR count). The zero-order chi connectivity index (χ0) is 12.3. The fraction of sp³-hybridized carbons (Fsp3) is 0.917. The lowest BCUT2D eigenvalue weighted by molar-refractivity contribution is -0.133. The minimum atomic E-state index is -0.0377. The highest BCUT2D eigenvalue weighted by atomic mass is 16.5. The summed E-state index contributed by atoms with van der Waals surface area (Å²) in [6, 6.07) is 0.1000. The number of nitrogens with one attached hydrogen (secondary N) is 1. The van der Waals surface area contributed by atoms with Gasteiger partial charge in [-0.05, 0) is 19.3 Å². The van der Waals surface area contributed by atoms with Crippen LogP contribution in [0.5, 0.6) is 0 Å². The van der Waals surface area contributed by atoms with Crippen molar-refractivity contribution >= 4 is 5.91 Å². The fourth-order valence-electron chi connectivity index (χ4n) is 2.31. The van der Waals surface area contributed by atoms with Gasteiger partial charge >= 0.3 is 0 Å². The van der Waals surface area contributed by atoms with Crippen LogP contribution < -0.4 is 5.32 Å². The van der Waals surface area contributed by atoms with E-state index in [1.807, 2.05) is 11.8 Å². The smallest absolute Gasteiger partial charge is 0.241 e. The second kappa shape index (κ2) is 5.64. The first-order valence-corrected chi connectivity index (χ1v) is 6.10. The Balaban J connectivity index is 2.77. The van der Waals surface area contributed by atoms with Crippen LogP contribution >= 0.6 is 0 Å². The van der Waals surface area contributed by atoms with E-state index in [1.165, 1.54) is 0 Å². The number of carbonyl (C=O) groups excluding carboxylic acids is 1. The highest BCUT2D eigenvalue weighted by Gasteiger charge is 2.41. The molecule has 1 aliphatic heterocycles. The van der Waals surface area contributed by atoms with E-state index in [2.05, 4.69) is 26.1 Å². The average molecular weight is 228 g/mol. The SMILES string of the molecule is CCC1NC(C(C)C)C(=O)N1C(C)COC. The van der Waals surface area contributed by atoms with E-state index in [0.717, 1.165) is 6.42 Å². The first-order chi connectivity index (χ1) is 7.52. The van der Waals surface area contributed by atoms with E-state index < -0.39 is 0 Å². The summed E-state index contributed by atoms with van der Waals surface area (Å²) in [4.78, 5) is 14.2. The predicted molar refractivity (Wildman–Crippen MR) is 64.0 cm³/mol. The van der Waals surface area contributed by atoms with E-state index in [0.29, 0.717) is 12.5 Å². The molecule has 0 saturated carbocycles. The Kier molecular flexibility index (Phi) is 4.74. The maximum Gasteiger partial charge on any atom is 0.241 e. The second-order valence-electron chi connectivity index (χ2n) is 4.86. The van der Waals surface area contributed by atoms with Gasteiger partial charge in [-0.3, -0.25) is 10.1 Å². The molecule has 3 atom stereocenters. The van der Waals surface area contributed by atoms with Gasteiger partial charge in [0.2, 0.25) is 5.91 Å². The second-order valence-corrected chi connectivity index (χ2v) is 4.86. The molecular formula is C12H24N2O2. The summed E-state index contributed by atoms with van der Waals surface area (Å²) in [6.07, 6.45) is 1.09. The first-order valence-electron chi connectivity index (χ1n) is 6.10. The van der Waals surface area contributed by atoms with Crippen molar-refractivity contribution in [3.8, 4) is 0 Å². The van der Waals surface area contributed by atoms with Crippen LogP contribution in [0.4, 0.5) is 0 Å². The number of rotatable bonds is 5. The Hall–Kier alpha value is -0.610. The van der Waals surface area contributed by atoms with E-state index >= 15 is 0 Å². The van der Waals surface area contributed by atoms with Crippen LogP contribution in [0.1, 0.15) is 34.1 Å². The number of nitrogens with zero attached hydrogens (tertiary/aromatic N) is 1. The van der Waals surface area contributed by atoms with Gasteiger partial charge in [0.1, 0.15) is 0 Å². The van der Waals surface area contributed by atoms with E-state index in [1.54, 1.807) is 7.11 Å². The third kappa shape index (κ3) is 2.55. The lowest BCUT2D eigenvalue weighted by Gasteiger charge is -2.29. The summed E-state index contributed by atoms with van der Waals surface area (Å²) in [5, 5.41) is 3.40. The quantitative estimate of drug-likeness (QED) is 0.769. The number of methoxy groups -OCH3 is 1. The molecule has 4 heteroatoms. The number of ether oxygens (including phenoxy) is 1. The molecule has 0 radical (unpaired) electrons. The molecule has 1 saturated heterocycles. The van der Waals surface area contributed by atoms with Crippen molar-refractivity contribution in [1.82, 2.24) is 10.2 Å². The molecule has 0 aliphatic carbocycles. The van der Waals surface area contributed by atoms with Crippen molar-refractivity contribution in [3.05, 3.63) is 0 Å². The Morgan fingerprint density at radius 1 is 1.44 bits per heavy atom. The number of amides is 1. The molecule has 0 aromatic heterocycles. The molecule has 1 heterocycles. The van der Waals surface area contributed by atoms with E-state index in [9.17, 15) is 4.79 Å². The van der Waals surface area contributed by atoms with E-state index in [-0.39, 0.29) is 24.2 Å². The van der Waals surface area contributed by atoms with Gasteiger partial charge in [-0.25, -0.2) is 0 Å². The van der Waals surface area contributed by atoms with Crippen molar-refractivity contribution in [2.45, 2.75) is 52.4 Å². The Labute approximate surface area is 98.3 Å². The normalized spacial score (nSPS) is 27.9. The minimum Gasteiger partial charge on any atom is -0.383 e. The Morgan fingerprint density at radius 2 is 2.06 bits per heavy atom. The lowest BCUT2D eigenvalue weighted by atomic mass is 10.0. The molecule has 1 amide bonds. The zero-order valence-electron chi connectivity index (χ0n) is 11.0. The van der Waals surface area contributed by atoms with Crippen molar-refractivity contribution in [3.63, 3.8) is 0 Å². The molecule has 16 heavy (non-hydrogen) atoms. The fourth-order valence-corrected chi connectivity index (χ4v) is 2.31. The Bertz CT molecular complexity index is 243. The maximum atomic E-state index is 12.2. The molecule has 3 unspecified atom stereocenters. The summed E-state index contributed by atoms with van der Waals surface area (Å²) in [6.45, 7) is 8.88. The van der Waals surface area contributed by atoms with Gasteiger partial charge in [0.05, 0.1) is 24.9 Å². The lowest BCUT2D eigenvalue weighted by Crippen LogP contribution is -2.44. The van der Waals surface area contributed by atoms with Crippen LogP contribution in [0, 0.1) is 5.92 Å². The van der Waals surface area contributed by atoms with Gasteiger partial charge < -0.3 is 9.64 Å². The third-order valence-electron chi connectivity index (χ3n) is 3.16. The molecule has 4 nitrogen and oxygen atoms in total. The van der Waals surface area contributed by atoms with Crippen LogP contribution in [-0.2, 0) is 9.53 Å². The molecule has 1 aliphatic rings. The van der Waals surface area contributed by atoms with Crippen LogP contribution in [0.3, 0.4) is 0 Å². The van der Waals surface area contributed by atoms with Gasteiger partial charge in [-0.15, -0.1) is 0 Å². The maximum absolute atomic E-state index is 12.2. The van der Waals surface area contributed by atoms with Gasteiger partial charge in [0.25, 0.3) is 0 Å². The highest BCUT2D eigenvalue weighted by molar-refractivity contribution is 5.84. The molecule has 0 aromatic rings. The van der Waals surface area contributed by atoms with Gasteiger partial charge in [-0.2, -0.15) is 0 Å². The summed E-state index contributed by atoms with van der Waals surface area (Å²) in [5.41, 5.74) is 0. The number of hydrogen-bond acceptors (Lipinski definition) is 3. The summed E-state index contributed by atoms with van der Waals surface area (Å²) < 4.78 is 5.13. The molecule has 1 fully saturated rings. The molecule has 0 spiro atoms. The Morgan fingerprint density at radius 3 is 2.50 bits per heavy atom. The number of carbonyl (C=O) groups is 1. The van der Waals surface area contributed by atoms with Crippen molar-refractivity contribution in [2.75, 3.05) is 13.7 Å². The molecule has 0 bridgehead atoms.